The van der Waals surface area contributed by atoms with Gasteiger partial charge in [-0.3, -0.25) is 0 Å². The van der Waals surface area contributed by atoms with Crippen LogP contribution in [0.15, 0.2) is 18.2 Å². The highest BCUT2D eigenvalue weighted by Gasteiger charge is 2.12. The van der Waals surface area contributed by atoms with Gasteiger partial charge in [0.05, 0.1) is 5.69 Å². The van der Waals surface area contributed by atoms with Gasteiger partial charge in [0, 0.05) is 13.1 Å². The Morgan fingerprint density at radius 1 is 1.27 bits per heavy atom. The summed E-state index contributed by atoms with van der Waals surface area (Å²) in [5.41, 5.74) is 7.24. The lowest BCUT2D eigenvalue weighted by Gasteiger charge is -2.24. The van der Waals surface area contributed by atoms with Crippen LogP contribution in [0.3, 0.4) is 0 Å². The largest absolute Gasteiger partial charge is 0.370 e. The summed E-state index contributed by atoms with van der Waals surface area (Å²) < 4.78 is 13.7. The van der Waals surface area contributed by atoms with Gasteiger partial charge in [-0.15, -0.1) is 0 Å². The normalized spacial score (nSPS) is 10.4. The summed E-state index contributed by atoms with van der Waals surface area (Å²) in [6.07, 6.45) is 0.726. The fourth-order valence-corrected chi connectivity index (χ4v) is 1.81. The SMILES string of the molecule is CCN(CC)c1c(F)cccc1CCN. The highest BCUT2D eigenvalue weighted by atomic mass is 19.1. The minimum absolute atomic E-state index is 0.148. The molecule has 15 heavy (non-hydrogen) atoms. The van der Waals surface area contributed by atoms with Crippen molar-refractivity contribution in [1.29, 1.82) is 0 Å². The van der Waals surface area contributed by atoms with Crippen molar-refractivity contribution in [2.45, 2.75) is 20.3 Å². The van der Waals surface area contributed by atoms with Crippen LogP contribution < -0.4 is 10.6 Å². The van der Waals surface area contributed by atoms with Crippen molar-refractivity contribution in [3.63, 3.8) is 0 Å². The molecule has 2 N–H and O–H groups in total. The fraction of sp³-hybridized carbons (Fsp3) is 0.500. The number of rotatable bonds is 5. The molecule has 0 unspecified atom stereocenters. The van der Waals surface area contributed by atoms with E-state index in [4.69, 9.17) is 5.73 Å². The molecule has 0 saturated carbocycles. The van der Waals surface area contributed by atoms with E-state index in [9.17, 15) is 4.39 Å². The van der Waals surface area contributed by atoms with Crippen LogP contribution in [0, 0.1) is 5.82 Å². The lowest BCUT2D eigenvalue weighted by atomic mass is 10.1. The van der Waals surface area contributed by atoms with Crippen LogP contribution in [-0.2, 0) is 6.42 Å². The third kappa shape index (κ3) is 2.69. The molecule has 1 rings (SSSR count). The zero-order valence-electron chi connectivity index (χ0n) is 9.46. The second kappa shape index (κ2) is 5.71. The van der Waals surface area contributed by atoms with Crippen molar-refractivity contribution in [3.05, 3.63) is 29.6 Å². The number of hydrogen-bond acceptors (Lipinski definition) is 2. The standard InChI is InChI=1S/C12H19FN2/c1-3-15(4-2)12-10(8-9-14)6-5-7-11(12)13/h5-7H,3-4,8-9,14H2,1-2H3. The van der Waals surface area contributed by atoms with E-state index in [1.807, 2.05) is 24.8 Å². The van der Waals surface area contributed by atoms with Crippen LogP contribution in [0.5, 0.6) is 0 Å². The van der Waals surface area contributed by atoms with Gasteiger partial charge in [0.2, 0.25) is 0 Å². The predicted octanol–water partition coefficient (Wildman–Crippen LogP) is 2.17. The van der Waals surface area contributed by atoms with Gasteiger partial charge in [-0.05, 0) is 38.4 Å². The second-order valence-electron chi connectivity index (χ2n) is 3.46. The average Bonchev–Trinajstić information content (AvgIpc) is 2.24. The zero-order chi connectivity index (χ0) is 11.3. The molecule has 0 spiro atoms. The van der Waals surface area contributed by atoms with Crippen molar-refractivity contribution in [3.8, 4) is 0 Å². The van der Waals surface area contributed by atoms with E-state index in [-0.39, 0.29) is 5.82 Å². The van der Waals surface area contributed by atoms with Crippen LogP contribution in [0.4, 0.5) is 10.1 Å². The van der Waals surface area contributed by atoms with Crippen LogP contribution in [0.1, 0.15) is 19.4 Å². The number of anilines is 1. The summed E-state index contributed by atoms with van der Waals surface area (Å²) >= 11 is 0. The maximum atomic E-state index is 13.7. The molecule has 0 fully saturated rings. The van der Waals surface area contributed by atoms with E-state index in [1.54, 1.807) is 6.07 Å². The molecule has 0 aliphatic carbocycles. The molecule has 1 aromatic carbocycles. The first-order chi connectivity index (χ1) is 7.24. The van der Waals surface area contributed by atoms with Crippen molar-refractivity contribution >= 4 is 5.69 Å². The average molecular weight is 210 g/mol. The van der Waals surface area contributed by atoms with Crippen molar-refractivity contribution in [2.75, 3.05) is 24.5 Å². The molecular formula is C12H19FN2. The summed E-state index contributed by atoms with van der Waals surface area (Å²) in [5, 5.41) is 0. The summed E-state index contributed by atoms with van der Waals surface area (Å²) in [7, 11) is 0. The molecule has 0 aliphatic rings. The highest BCUT2D eigenvalue weighted by Crippen LogP contribution is 2.24. The van der Waals surface area contributed by atoms with Gasteiger partial charge in [0.1, 0.15) is 5.82 Å². The van der Waals surface area contributed by atoms with Crippen LogP contribution in [0.25, 0.3) is 0 Å². The van der Waals surface area contributed by atoms with E-state index >= 15 is 0 Å². The number of nitrogens with two attached hydrogens (primary N) is 1. The minimum Gasteiger partial charge on any atom is -0.370 e. The van der Waals surface area contributed by atoms with E-state index in [0.29, 0.717) is 12.2 Å². The Morgan fingerprint density at radius 3 is 2.47 bits per heavy atom. The van der Waals surface area contributed by atoms with Crippen molar-refractivity contribution < 1.29 is 4.39 Å². The first-order valence-corrected chi connectivity index (χ1v) is 5.47. The Morgan fingerprint density at radius 2 is 1.93 bits per heavy atom. The first-order valence-electron chi connectivity index (χ1n) is 5.47. The summed E-state index contributed by atoms with van der Waals surface area (Å²) in [4.78, 5) is 2.03. The van der Waals surface area contributed by atoms with Gasteiger partial charge in [-0.1, -0.05) is 12.1 Å². The Balaban J connectivity index is 3.10. The Labute approximate surface area is 90.9 Å². The second-order valence-corrected chi connectivity index (χ2v) is 3.46. The number of hydrogen-bond donors (Lipinski definition) is 1. The molecule has 0 amide bonds. The monoisotopic (exact) mass is 210 g/mol. The predicted molar refractivity (Wildman–Crippen MR) is 62.7 cm³/mol. The lowest BCUT2D eigenvalue weighted by Crippen LogP contribution is -2.25. The molecule has 0 saturated heterocycles. The Bertz CT molecular complexity index is 308. The molecule has 1 aromatic rings. The fourth-order valence-electron chi connectivity index (χ4n) is 1.81. The van der Waals surface area contributed by atoms with E-state index in [0.717, 1.165) is 25.1 Å². The molecule has 0 heterocycles. The van der Waals surface area contributed by atoms with E-state index < -0.39 is 0 Å². The maximum absolute atomic E-state index is 13.7. The summed E-state index contributed by atoms with van der Waals surface area (Å²) in [6.45, 7) is 6.24. The summed E-state index contributed by atoms with van der Waals surface area (Å²) in [5.74, 6) is -0.148. The zero-order valence-corrected chi connectivity index (χ0v) is 9.46. The van der Waals surface area contributed by atoms with Gasteiger partial charge < -0.3 is 10.6 Å². The van der Waals surface area contributed by atoms with Gasteiger partial charge in [0.15, 0.2) is 0 Å². The minimum atomic E-state index is -0.148. The number of nitrogens with zero attached hydrogens (tertiary/aromatic N) is 1. The van der Waals surface area contributed by atoms with Gasteiger partial charge in [-0.25, -0.2) is 4.39 Å². The molecule has 3 heteroatoms. The van der Waals surface area contributed by atoms with Gasteiger partial charge >= 0.3 is 0 Å². The third-order valence-corrected chi connectivity index (χ3v) is 2.56. The molecular weight excluding hydrogens is 191 g/mol. The van der Waals surface area contributed by atoms with E-state index in [1.165, 1.54) is 6.07 Å². The van der Waals surface area contributed by atoms with E-state index in [2.05, 4.69) is 0 Å². The molecule has 84 valence electrons. The third-order valence-electron chi connectivity index (χ3n) is 2.56. The molecule has 0 aromatic heterocycles. The smallest absolute Gasteiger partial charge is 0.146 e. The maximum Gasteiger partial charge on any atom is 0.146 e. The number of benzene rings is 1. The van der Waals surface area contributed by atoms with Gasteiger partial charge in [-0.2, -0.15) is 0 Å². The molecule has 0 atom stereocenters. The quantitative estimate of drug-likeness (QED) is 0.807. The molecule has 0 radical (unpaired) electrons. The number of halogens is 1. The Hall–Kier alpha value is -1.09. The van der Waals surface area contributed by atoms with Crippen LogP contribution in [-0.4, -0.2) is 19.6 Å². The molecule has 2 nitrogen and oxygen atoms in total. The van der Waals surface area contributed by atoms with Gasteiger partial charge in [0.25, 0.3) is 0 Å². The Kier molecular flexibility index (Phi) is 4.56. The molecule has 0 bridgehead atoms. The van der Waals surface area contributed by atoms with Crippen molar-refractivity contribution in [1.82, 2.24) is 0 Å². The lowest BCUT2D eigenvalue weighted by molar-refractivity contribution is 0.617. The van der Waals surface area contributed by atoms with Crippen molar-refractivity contribution in [2.24, 2.45) is 5.73 Å². The number of para-hydroxylation sites is 1. The highest BCUT2D eigenvalue weighted by molar-refractivity contribution is 5.54. The topological polar surface area (TPSA) is 29.3 Å². The first kappa shape index (κ1) is 12.0. The van der Waals surface area contributed by atoms with Crippen LogP contribution in [0.2, 0.25) is 0 Å². The molecule has 0 aliphatic heterocycles. The van der Waals surface area contributed by atoms with Crippen LogP contribution >= 0.6 is 0 Å². The summed E-state index contributed by atoms with van der Waals surface area (Å²) in [6, 6.07) is 5.20.